The lowest BCUT2D eigenvalue weighted by Crippen LogP contribution is -2.61. The van der Waals surface area contributed by atoms with Crippen LogP contribution in [0.25, 0.3) is 0 Å². The van der Waals surface area contributed by atoms with Gasteiger partial charge in [0.05, 0.1) is 11.4 Å². The van der Waals surface area contributed by atoms with Crippen LogP contribution in [0.15, 0.2) is 35.2 Å². The number of hydrogen-bond donors (Lipinski definition) is 5. The zero-order valence-corrected chi connectivity index (χ0v) is 18.1. The summed E-state index contributed by atoms with van der Waals surface area (Å²) in [7, 11) is -4.46. The SMILES string of the molecule is NC(CNC(=O)CCNC(=O)CCC1CCNCC1)(C(=O)O)S(=O)(=O)c1ccccc1. The van der Waals surface area contributed by atoms with Gasteiger partial charge in [-0.25, -0.2) is 13.2 Å². The number of carboxylic acids is 1. The Morgan fingerprint density at radius 3 is 2.29 bits per heavy atom. The van der Waals surface area contributed by atoms with E-state index in [2.05, 4.69) is 16.0 Å². The molecule has 0 saturated carbocycles. The number of hydrogen-bond acceptors (Lipinski definition) is 7. The molecule has 0 bridgehead atoms. The van der Waals surface area contributed by atoms with E-state index in [1.807, 2.05) is 0 Å². The summed E-state index contributed by atoms with van der Waals surface area (Å²) < 4.78 is 25.4. The Hall–Kier alpha value is -2.50. The minimum Gasteiger partial charge on any atom is -0.479 e. The number of benzene rings is 1. The van der Waals surface area contributed by atoms with Crippen molar-refractivity contribution < 1.29 is 27.9 Å². The molecule has 11 heteroatoms. The Labute approximate surface area is 181 Å². The molecule has 1 aliphatic heterocycles. The van der Waals surface area contributed by atoms with Crippen molar-refractivity contribution >= 4 is 27.6 Å². The van der Waals surface area contributed by atoms with Crippen molar-refractivity contribution in [3.63, 3.8) is 0 Å². The summed E-state index contributed by atoms with van der Waals surface area (Å²) >= 11 is 0. The monoisotopic (exact) mass is 454 g/mol. The maximum atomic E-state index is 12.7. The van der Waals surface area contributed by atoms with Crippen LogP contribution in [0.3, 0.4) is 0 Å². The first-order chi connectivity index (χ1) is 14.7. The van der Waals surface area contributed by atoms with Gasteiger partial charge in [-0.2, -0.15) is 0 Å². The summed E-state index contributed by atoms with van der Waals surface area (Å²) in [4.78, 5) is 32.6. The number of carbonyl (C=O) groups excluding carboxylic acids is 2. The fourth-order valence-electron chi connectivity index (χ4n) is 3.32. The molecule has 1 atom stereocenters. The molecule has 1 aromatic carbocycles. The number of nitrogens with one attached hydrogen (secondary N) is 3. The lowest BCUT2D eigenvalue weighted by molar-refractivity contribution is -0.140. The predicted molar refractivity (Wildman–Crippen MR) is 114 cm³/mol. The molecule has 0 spiro atoms. The van der Waals surface area contributed by atoms with Gasteiger partial charge in [0.2, 0.25) is 26.5 Å². The third-order valence-electron chi connectivity index (χ3n) is 5.36. The van der Waals surface area contributed by atoms with Gasteiger partial charge in [0.25, 0.3) is 0 Å². The molecule has 0 radical (unpaired) electrons. The Morgan fingerprint density at radius 2 is 1.68 bits per heavy atom. The average molecular weight is 455 g/mol. The van der Waals surface area contributed by atoms with E-state index in [1.165, 1.54) is 24.3 Å². The zero-order valence-electron chi connectivity index (χ0n) is 17.3. The Kier molecular flexibility index (Phi) is 8.96. The number of carboxylic acid groups (broad SMARTS) is 1. The van der Waals surface area contributed by atoms with E-state index in [4.69, 9.17) is 5.73 Å². The molecule has 1 fully saturated rings. The molecule has 6 N–H and O–H groups in total. The van der Waals surface area contributed by atoms with Gasteiger partial charge in [-0.15, -0.1) is 0 Å². The fraction of sp³-hybridized carbons (Fsp3) is 0.550. The lowest BCUT2D eigenvalue weighted by atomic mass is 9.93. The second kappa shape index (κ2) is 11.2. The van der Waals surface area contributed by atoms with Gasteiger partial charge in [-0.1, -0.05) is 18.2 Å². The second-order valence-electron chi connectivity index (χ2n) is 7.62. The van der Waals surface area contributed by atoms with E-state index in [0.29, 0.717) is 12.3 Å². The van der Waals surface area contributed by atoms with E-state index < -0.39 is 33.1 Å². The van der Waals surface area contributed by atoms with Gasteiger partial charge >= 0.3 is 5.97 Å². The smallest absolute Gasteiger partial charge is 0.341 e. The van der Waals surface area contributed by atoms with E-state index in [-0.39, 0.29) is 23.8 Å². The Morgan fingerprint density at radius 1 is 1.06 bits per heavy atom. The molecule has 0 aromatic heterocycles. The van der Waals surface area contributed by atoms with Gasteiger partial charge in [0.15, 0.2) is 0 Å². The van der Waals surface area contributed by atoms with Crippen molar-refractivity contribution in [3.05, 3.63) is 30.3 Å². The topological polar surface area (TPSA) is 168 Å². The highest BCUT2D eigenvalue weighted by molar-refractivity contribution is 7.93. The molecule has 2 amide bonds. The fourth-order valence-corrected chi connectivity index (χ4v) is 4.75. The highest BCUT2D eigenvalue weighted by Crippen LogP contribution is 2.21. The van der Waals surface area contributed by atoms with Gasteiger partial charge < -0.3 is 26.8 Å². The number of piperidine rings is 1. The van der Waals surface area contributed by atoms with Crippen LogP contribution < -0.4 is 21.7 Å². The second-order valence-corrected chi connectivity index (χ2v) is 9.83. The third-order valence-corrected chi connectivity index (χ3v) is 7.53. The highest BCUT2D eigenvalue weighted by atomic mass is 32.2. The molecule has 1 aromatic rings. The molecular weight excluding hydrogens is 424 g/mol. The van der Waals surface area contributed by atoms with Gasteiger partial charge in [0, 0.05) is 19.4 Å². The van der Waals surface area contributed by atoms with E-state index in [1.54, 1.807) is 6.07 Å². The molecule has 1 aliphatic rings. The normalized spacial score (nSPS) is 16.8. The summed E-state index contributed by atoms with van der Waals surface area (Å²) in [6.45, 7) is 1.19. The first kappa shape index (κ1) is 24.8. The van der Waals surface area contributed by atoms with Gasteiger partial charge in [-0.3, -0.25) is 9.59 Å². The Balaban J connectivity index is 1.80. The number of rotatable bonds is 11. The Bertz CT molecular complexity index is 871. The quantitative estimate of drug-likeness (QED) is 0.301. The number of carbonyl (C=O) groups is 3. The third kappa shape index (κ3) is 6.74. The average Bonchev–Trinajstić information content (AvgIpc) is 2.77. The first-order valence-electron chi connectivity index (χ1n) is 10.2. The standard InChI is InChI=1S/C20H30N4O6S/c21-20(19(27)28,31(29,30)16-4-2-1-3-5-16)14-24-18(26)10-13-23-17(25)7-6-15-8-11-22-12-9-15/h1-5,15,22H,6-14,21H2,(H,23,25)(H,24,26)(H,27,28). The lowest BCUT2D eigenvalue weighted by Gasteiger charge is -2.25. The summed E-state index contributed by atoms with van der Waals surface area (Å²) in [5.74, 6) is -2.02. The largest absolute Gasteiger partial charge is 0.479 e. The summed E-state index contributed by atoms with van der Waals surface area (Å²) in [6, 6.07) is 6.95. The molecule has 10 nitrogen and oxygen atoms in total. The minimum absolute atomic E-state index is 0.0625. The minimum atomic E-state index is -4.46. The van der Waals surface area contributed by atoms with Gasteiger partial charge in [-0.05, 0) is 50.4 Å². The van der Waals surface area contributed by atoms with Crippen LogP contribution in [0.1, 0.15) is 32.1 Å². The molecular formula is C20H30N4O6S. The maximum Gasteiger partial charge on any atom is 0.341 e. The molecule has 1 saturated heterocycles. The highest BCUT2D eigenvalue weighted by Gasteiger charge is 2.48. The molecule has 2 rings (SSSR count). The van der Waals surface area contributed by atoms with Crippen molar-refractivity contribution in [1.82, 2.24) is 16.0 Å². The van der Waals surface area contributed by atoms with Crippen LogP contribution in [-0.2, 0) is 24.2 Å². The maximum absolute atomic E-state index is 12.7. The van der Waals surface area contributed by atoms with Crippen molar-refractivity contribution in [2.24, 2.45) is 11.7 Å². The molecule has 172 valence electrons. The van der Waals surface area contributed by atoms with Crippen LogP contribution in [0.2, 0.25) is 0 Å². The van der Waals surface area contributed by atoms with E-state index in [9.17, 15) is 27.9 Å². The summed E-state index contributed by atoms with van der Waals surface area (Å²) in [6.07, 6.45) is 3.15. The van der Waals surface area contributed by atoms with Crippen LogP contribution in [-0.4, -0.2) is 62.4 Å². The summed E-state index contributed by atoms with van der Waals surface area (Å²) in [5, 5.41) is 17.6. The van der Waals surface area contributed by atoms with E-state index >= 15 is 0 Å². The molecule has 1 unspecified atom stereocenters. The number of aliphatic carboxylic acids is 1. The van der Waals surface area contributed by atoms with E-state index in [0.717, 1.165) is 32.4 Å². The number of sulfone groups is 1. The molecule has 0 aliphatic carbocycles. The number of nitrogens with two attached hydrogens (primary N) is 1. The van der Waals surface area contributed by atoms with Crippen LogP contribution in [0.4, 0.5) is 0 Å². The van der Waals surface area contributed by atoms with Gasteiger partial charge in [0.1, 0.15) is 0 Å². The van der Waals surface area contributed by atoms with Crippen molar-refractivity contribution in [2.45, 2.75) is 41.9 Å². The van der Waals surface area contributed by atoms with Crippen LogP contribution in [0, 0.1) is 5.92 Å². The molecule has 31 heavy (non-hydrogen) atoms. The van der Waals surface area contributed by atoms with Crippen molar-refractivity contribution in [1.29, 1.82) is 0 Å². The summed E-state index contributed by atoms with van der Waals surface area (Å²) in [5.41, 5.74) is 5.71. The van der Waals surface area contributed by atoms with Crippen molar-refractivity contribution in [3.8, 4) is 0 Å². The zero-order chi connectivity index (χ0) is 22.9. The molecule has 1 heterocycles. The first-order valence-corrected chi connectivity index (χ1v) is 11.7. The van der Waals surface area contributed by atoms with Crippen LogP contribution >= 0.6 is 0 Å². The number of amides is 2. The predicted octanol–water partition coefficient (Wildman–Crippen LogP) is -0.398. The van der Waals surface area contributed by atoms with Crippen LogP contribution in [0.5, 0.6) is 0 Å². The van der Waals surface area contributed by atoms with Crippen molar-refractivity contribution in [2.75, 3.05) is 26.2 Å².